The summed E-state index contributed by atoms with van der Waals surface area (Å²) in [5.74, 6) is -4.36. The highest BCUT2D eigenvalue weighted by molar-refractivity contribution is 6.32. The van der Waals surface area contributed by atoms with Crippen LogP contribution in [0.2, 0.25) is 5.02 Å². The zero-order valence-electron chi connectivity index (χ0n) is 46.2. The third kappa shape index (κ3) is 17.8. The number of Topliss-reactive ketones (excluding diaryl/α,β-unsaturated/α-hetero) is 2. The molecule has 0 saturated carbocycles. The van der Waals surface area contributed by atoms with E-state index in [1.54, 1.807) is 38.1 Å². The van der Waals surface area contributed by atoms with E-state index >= 15 is 0 Å². The molecule has 3 aliphatic heterocycles. The number of nitrogens with one attached hydrogen (secondary N) is 3. The Morgan fingerprint density at radius 2 is 1.59 bits per heavy atom. The van der Waals surface area contributed by atoms with Gasteiger partial charge in [0, 0.05) is 57.7 Å². The van der Waals surface area contributed by atoms with Crippen LogP contribution in [-0.4, -0.2) is 145 Å². The molecule has 3 amide bonds. The number of cyclic esters (lactones) is 2. The van der Waals surface area contributed by atoms with E-state index in [2.05, 4.69) is 16.0 Å². The zero-order valence-corrected chi connectivity index (χ0v) is 47.0. The first-order valence-electron chi connectivity index (χ1n) is 26.9. The molecule has 432 valence electrons. The van der Waals surface area contributed by atoms with E-state index in [4.69, 9.17) is 45.8 Å². The number of methoxy groups -OCH3 is 2. The van der Waals surface area contributed by atoms with Crippen molar-refractivity contribution >= 4 is 52.8 Å². The van der Waals surface area contributed by atoms with E-state index in [0.29, 0.717) is 42.0 Å². The van der Waals surface area contributed by atoms with Gasteiger partial charge in [0.05, 0.1) is 29.7 Å². The van der Waals surface area contributed by atoms with Gasteiger partial charge in [-0.25, -0.2) is 4.79 Å². The summed E-state index contributed by atoms with van der Waals surface area (Å²) in [6.45, 7) is 12.5. The monoisotopic (exact) mass is 1110 g/mol. The first-order valence-corrected chi connectivity index (χ1v) is 27.3. The molecule has 5 rings (SSSR count). The van der Waals surface area contributed by atoms with Crippen LogP contribution in [0.15, 0.2) is 54.6 Å². The lowest BCUT2D eigenvalue weighted by Gasteiger charge is -2.38. The standard InChI is InChI=1S/C57H81ClN4O16/c1-30(2)25-43-54(71)75-41(14-12-15-44(65)62-38(27-34-19-23-42(73-8)37(58)26-34)52(69)61-29-57(6,7)56(72)76-43)32(5)49-50(77-49)35-20-16-33(17-21-35)18-22-39(63)36(28-40(64)45(59)31(3)4)13-10-11-24-60-53(70)51-47(67)46(66)48(68)55(74-9)78-51/h12,15-17,19-21,23,26,30-32,36,38,41,43,45-51,55,66-68H,10-11,13-14,18,22,24-25,27-29,59H2,1-9H3,(H,60,70)(H,61,69)(H,62,65)/b15-12+/t32-,36+,38+,41-,43-,45-,46-,47-,48+,49+,50+,51-,55+/m0/s1. The van der Waals surface area contributed by atoms with Crippen molar-refractivity contribution < 1.29 is 77.3 Å². The van der Waals surface area contributed by atoms with E-state index in [9.17, 15) is 48.9 Å². The van der Waals surface area contributed by atoms with E-state index in [1.807, 2.05) is 58.9 Å². The Balaban J connectivity index is 1.23. The number of ether oxygens (including phenoxy) is 6. The minimum absolute atomic E-state index is 0.0234. The summed E-state index contributed by atoms with van der Waals surface area (Å²) in [6, 6.07) is 10.9. The Labute approximate surface area is 462 Å². The molecule has 2 aromatic rings. The number of epoxide rings is 1. The number of benzene rings is 2. The SMILES string of the molecule is COc1ccc(C[C@H]2NC(=O)/C=C/C[C@@H]([C@H](C)[C@H]3O[C@@H]3c3ccc(CCC(=O)[C@H](CCCCNC(=O)[C@H]4O[C@@H](OC)[C@H](O)[C@@H](O)[C@@H]4O)CC(=O)[C@@H](N)C(C)C)cc3)OC(=O)[C@H](CC(C)C)OC(=O)C(C)(C)CNC2=O)cc1Cl. The van der Waals surface area contributed by atoms with Crippen LogP contribution < -0.4 is 26.4 Å². The van der Waals surface area contributed by atoms with Crippen LogP contribution in [0.4, 0.5) is 0 Å². The molecule has 0 aliphatic carbocycles. The molecule has 0 bridgehead atoms. The van der Waals surface area contributed by atoms with Crippen LogP contribution in [0, 0.1) is 29.1 Å². The third-order valence-corrected chi connectivity index (χ3v) is 14.9. The number of esters is 2. The van der Waals surface area contributed by atoms with Gasteiger partial charge in [-0.05, 0) is 86.3 Å². The number of nitrogens with two attached hydrogens (primary N) is 1. The summed E-state index contributed by atoms with van der Waals surface area (Å²) < 4.78 is 33.8. The maximum absolute atomic E-state index is 14.0. The molecule has 0 radical (unpaired) electrons. The number of amides is 3. The highest BCUT2D eigenvalue weighted by Crippen LogP contribution is 2.45. The van der Waals surface area contributed by atoms with Gasteiger partial charge in [-0.15, -0.1) is 0 Å². The molecule has 78 heavy (non-hydrogen) atoms. The Hall–Kier alpha value is -5.32. The zero-order chi connectivity index (χ0) is 57.6. The molecule has 0 spiro atoms. The van der Waals surface area contributed by atoms with E-state index in [-0.39, 0.29) is 74.7 Å². The number of hydrogen-bond acceptors (Lipinski definition) is 17. The molecule has 20 nitrogen and oxygen atoms in total. The molecule has 2 aromatic carbocycles. The highest BCUT2D eigenvalue weighted by Gasteiger charge is 2.49. The van der Waals surface area contributed by atoms with Gasteiger partial charge < -0.3 is 65.4 Å². The Bertz CT molecular complexity index is 2410. The Morgan fingerprint density at radius 1 is 0.897 bits per heavy atom. The summed E-state index contributed by atoms with van der Waals surface area (Å²) >= 11 is 6.38. The first kappa shape index (κ1) is 63.5. The number of carbonyl (C=O) groups excluding carboxylic acids is 7. The smallest absolute Gasteiger partial charge is 0.347 e. The van der Waals surface area contributed by atoms with Gasteiger partial charge in [0.1, 0.15) is 48.1 Å². The van der Waals surface area contributed by atoms with Gasteiger partial charge in [-0.2, -0.15) is 0 Å². The minimum Gasteiger partial charge on any atom is -0.495 e. The lowest BCUT2D eigenvalue weighted by atomic mass is 9.86. The van der Waals surface area contributed by atoms with Gasteiger partial charge in [-0.1, -0.05) is 89.0 Å². The number of ketones is 2. The van der Waals surface area contributed by atoms with Gasteiger partial charge in [0.2, 0.25) is 11.8 Å². The quantitative estimate of drug-likeness (QED) is 0.0471. The summed E-state index contributed by atoms with van der Waals surface area (Å²) in [4.78, 5) is 94.6. The van der Waals surface area contributed by atoms with Gasteiger partial charge >= 0.3 is 11.9 Å². The third-order valence-electron chi connectivity index (χ3n) is 14.6. The van der Waals surface area contributed by atoms with Gasteiger partial charge in [0.15, 0.2) is 24.3 Å². The molecule has 0 unspecified atom stereocenters. The molecule has 2 saturated heterocycles. The van der Waals surface area contributed by atoms with Crippen LogP contribution in [0.25, 0.3) is 0 Å². The van der Waals surface area contributed by atoms with E-state index in [0.717, 1.165) is 11.1 Å². The number of aryl methyl sites for hydroxylation is 1. The Morgan fingerprint density at radius 3 is 2.23 bits per heavy atom. The van der Waals surface area contributed by atoms with Crippen LogP contribution in [0.3, 0.4) is 0 Å². The normalized spacial score (nSPS) is 27.6. The second-order valence-electron chi connectivity index (χ2n) is 22.1. The number of carbonyl (C=O) groups is 7. The number of unbranched alkanes of at least 4 members (excludes halogenated alkanes) is 1. The van der Waals surface area contributed by atoms with Crippen molar-refractivity contribution in [2.75, 3.05) is 27.3 Å². The summed E-state index contributed by atoms with van der Waals surface area (Å²) in [7, 11) is 2.72. The summed E-state index contributed by atoms with van der Waals surface area (Å²) in [6.07, 6.45) is -5.54. The van der Waals surface area contributed by atoms with Crippen molar-refractivity contribution in [1.29, 1.82) is 0 Å². The number of halogens is 1. The molecule has 0 aromatic heterocycles. The van der Waals surface area contributed by atoms with Crippen LogP contribution in [0.1, 0.15) is 116 Å². The van der Waals surface area contributed by atoms with Gasteiger partial charge in [0.25, 0.3) is 5.91 Å². The average Bonchev–Trinajstić information content (AvgIpc) is 4.23. The van der Waals surface area contributed by atoms with Gasteiger partial charge in [-0.3, -0.25) is 28.8 Å². The van der Waals surface area contributed by atoms with Crippen LogP contribution in [-0.2, 0) is 70.1 Å². The second-order valence-corrected chi connectivity index (χ2v) is 22.5. The molecule has 3 aliphatic rings. The van der Waals surface area contributed by atoms with Crippen LogP contribution in [0.5, 0.6) is 5.75 Å². The second kappa shape index (κ2) is 29.2. The molecule has 2 fully saturated rings. The van der Waals surface area contributed by atoms with Crippen molar-refractivity contribution in [3.05, 3.63) is 76.3 Å². The molecule has 3 heterocycles. The lowest BCUT2D eigenvalue weighted by Crippen LogP contribution is -2.61. The highest BCUT2D eigenvalue weighted by atomic mass is 35.5. The fourth-order valence-electron chi connectivity index (χ4n) is 9.38. The lowest BCUT2D eigenvalue weighted by molar-refractivity contribution is -0.283. The summed E-state index contributed by atoms with van der Waals surface area (Å²) in [5, 5.41) is 39.0. The fourth-order valence-corrected chi connectivity index (χ4v) is 9.66. The van der Waals surface area contributed by atoms with E-state index < -0.39 is 108 Å². The number of aliphatic hydroxyl groups is 3. The maximum Gasteiger partial charge on any atom is 0.347 e. The number of aliphatic hydroxyl groups excluding tert-OH is 3. The molecule has 8 N–H and O–H groups in total. The average molecular weight is 1110 g/mol. The summed E-state index contributed by atoms with van der Waals surface area (Å²) in [5.41, 5.74) is 7.28. The molecule has 21 heteroatoms. The molecule has 13 atom stereocenters. The van der Waals surface area contributed by atoms with Crippen molar-refractivity contribution in [3.63, 3.8) is 0 Å². The number of hydrogen-bond donors (Lipinski definition) is 7. The van der Waals surface area contributed by atoms with Crippen molar-refractivity contribution in [2.24, 2.45) is 34.8 Å². The first-order chi connectivity index (χ1) is 36.8. The predicted octanol–water partition coefficient (Wildman–Crippen LogP) is 3.93. The number of rotatable bonds is 23. The topological polar surface area (TPSA) is 301 Å². The fraction of sp³-hybridized carbons (Fsp3) is 0.632. The van der Waals surface area contributed by atoms with E-state index in [1.165, 1.54) is 20.3 Å². The van der Waals surface area contributed by atoms with Crippen molar-refractivity contribution in [2.45, 2.75) is 173 Å². The Kier molecular flexibility index (Phi) is 23.8. The maximum atomic E-state index is 14.0. The van der Waals surface area contributed by atoms with Crippen molar-refractivity contribution in [1.82, 2.24) is 16.0 Å². The van der Waals surface area contributed by atoms with Crippen molar-refractivity contribution in [3.8, 4) is 5.75 Å². The molecular weight excluding hydrogens is 1030 g/mol. The predicted molar refractivity (Wildman–Crippen MR) is 286 cm³/mol. The molecular formula is C57H81ClN4O16. The van der Waals surface area contributed by atoms with Crippen LogP contribution >= 0.6 is 11.6 Å². The largest absolute Gasteiger partial charge is 0.495 e. The minimum atomic E-state index is -1.68.